The Labute approximate surface area is 172 Å². The SMILES string of the molecule is CCCCCNC(=O)C[C@@H](c1ccc(Cl)cc1)c1c[nH]c2c(CC)cccc12. The predicted octanol–water partition coefficient (Wildman–Crippen LogP) is 6.21. The van der Waals surface area contributed by atoms with Gasteiger partial charge in [0.15, 0.2) is 0 Å². The third-order valence-electron chi connectivity index (χ3n) is 5.35. The van der Waals surface area contributed by atoms with Crippen LogP contribution in [0.5, 0.6) is 0 Å². The van der Waals surface area contributed by atoms with Gasteiger partial charge >= 0.3 is 0 Å². The summed E-state index contributed by atoms with van der Waals surface area (Å²) in [6.45, 7) is 5.07. The normalized spacial score (nSPS) is 12.2. The average Bonchev–Trinajstić information content (AvgIpc) is 3.14. The second-order valence-corrected chi connectivity index (χ2v) is 7.74. The number of aromatic amines is 1. The molecule has 0 unspecified atom stereocenters. The molecule has 0 saturated carbocycles. The molecule has 0 bridgehead atoms. The summed E-state index contributed by atoms with van der Waals surface area (Å²) in [4.78, 5) is 16.1. The molecule has 1 amide bonds. The van der Waals surface area contributed by atoms with Crippen molar-refractivity contribution >= 4 is 28.4 Å². The van der Waals surface area contributed by atoms with Crippen molar-refractivity contribution in [2.45, 2.75) is 51.9 Å². The first-order valence-corrected chi connectivity index (χ1v) is 10.6. The smallest absolute Gasteiger partial charge is 0.220 e. The van der Waals surface area contributed by atoms with Crippen molar-refractivity contribution in [2.24, 2.45) is 0 Å². The number of hydrogen-bond acceptors (Lipinski definition) is 1. The highest BCUT2D eigenvalue weighted by molar-refractivity contribution is 6.30. The van der Waals surface area contributed by atoms with Crippen LogP contribution in [-0.4, -0.2) is 17.4 Å². The standard InChI is InChI=1S/C24H29ClN2O/c1-3-5-6-14-26-23(28)15-21(18-10-12-19(25)13-11-18)22-16-27-24-17(4-2)8-7-9-20(22)24/h7-13,16,21,27H,3-6,14-15H2,1-2H3,(H,26,28)/t21-/m0/s1. The molecule has 0 aliphatic rings. The number of aryl methyl sites for hydroxylation is 1. The van der Waals surface area contributed by atoms with Crippen LogP contribution in [-0.2, 0) is 11.2 Å². The number of H-pyrrole nitrogens is 1. The Morgan fingerprint density at radius 1 is 1.11 bits per heavy atom. The van der Waals surface area contributed by atoms with E-state index in [1.165, 1.54) is 16.5 Å². The number of unbranched alkanes of at least 4 members (excludes halogenated alkanes) is 2. The van der Waals surface area contributed by atoms with Gasteiger partial charge in [0, 0.05) is 41.0 Å². The van der Waals surface area contributed by atoms with Gasteiger partial charge in [0.1, 0.15) is 0 Å². The molecule has 0 spiro atoms. The van der Waals surface area contributed by atoms with Crippen LogP contribution in [0.15, 0.2) is 48.7 Å². The Kier molecular flexibility index (Phi) is 7.16. The van der Waals surface area contributed by atoms with E-state index in [-0.39, 0.29) is 11.8 Å². The summed E-state index contributed by atoms with van der Waals surface area (Å²) in [6.07, 6.45) is 6.79. The van der Waals surface area contributed by atoms with Gasteiger partial charge < -0.3 is 10.3 Å². The van der Waals surface area contributed by atoms with Crippen molar-refractivity contribution in [3.05, 3.63) is 70.4 Å². The molecule has 148 valence electrons. The first-order chi connectivity index (χ1) is 13.6. The number of halogens is 1. The number of carbonyl (C=O) groups excluding carboxylic acids is 1. The second kappa shape index (κ2) is 9.79. The Bertz CT molecular complexity index is 914. The van der Waals surface area contributed by atoms with Gasteiger partial charge in [-0.25, -0.2) is 0 Å². The maximum atomic E-state index is 12.7. The summed E-state index contributed by atoms with van der Waals surface area (Å²) in [6, 6.07) is 14.2. The number of fused-ring (bicyclic) bond motifs is 1. The average molecular weight is 397 g/mol. The highest BCUT2D eigenvalue weighted by Crippen LogP contribution is 2.35. The molecule has 2 aromatic carbocycles. The lowest BCUT2D eigenvalue weighted by atomic mass is 9.87. The van der Waals surface area contributed by atoms with Crippen LogP contribution in [0.1, 0.15) is 62.1 Å². The monoisotopic (exact) mass is 396 g/mol. The van der Waals surface area contributed by atoms with E-state index in [0.29, 0.717) is 11.4 Å². The van der Waals surface area contributed by atoms with Gasteiger partial charge in [-0.15, -0.1) is 0 Å². The number of para-hydroxylation sites is 1. The van der Waals surface area contributed by atoms with Crippen molar-refractivity contribution in [2.75, 3.05) is 6.54 Å². The van der Waals surface area contributed by atoms with E-state index in [1.807, 2.05) is 24.3 Å². The fourth-order valence-electron chi connectivity index (χ4n) is 3.78. The van der Waals surface area contributed by atoms with E-state index in [9.17, 15) is 4.79 Å². The minimum Gasteiger partial charge on any atom is -0.361 e. The van der Waals surface area contributed by atoms with Gasteiger partial charge in [-0.3, -0.25) is 4.79 Å². The molecule has 0 radical (unpaired) electrons. The molecule has 0 aliphatic heterocycles. The molecule has 4 heteroatoms. The van der Waals surface area contributed by atoms with Crippen LogP contribution >= 0.6 is 11.6 Å². The van der Waals surface area contributed by atoms with E-state index in [4.69, 9.17) is 11.6 Å². The topological polar surface area (TPSA) is 44.9 Å². The summed E-state index contributed by atoms with van der Waals surface area (Å²) in [5.41, 5.74) is 4.73. The predicted molar refractivity (Wildman–Crippen MR) is 118 cm³/mol. The number of rotatable bonds is 9. The summed E-state index contributed by atoms with van der Waals surface area (Å²) in [5.74, 6) is 0.0846. The van der Waals surface area contributed by atoms with E-state index in [0.717, 1.165) is 43.4 Å². The zero-order valence-corrected chi connectivity index (χ0v) is 17.5. The molecule has 1 aromatic heterocycles. The molecule has 0 aliphatic carbocycles. The van der Waals surface area contributed by atoms with Gasteiger partial charge in [-0.05, 0) is 41.7 Å². The van der Waals surface area contributed by atoms with E-state index in [2.05, 4.69) is 48.5 Å². The lowest BCUT2D eigenvalue weighted by Crippen LogP contribution is -2.26. The Balaban J connectivity index is 1.91. The van der Waals surface area contributed by atoms with E-state index >= 15 is 0 Å². The quantitative estimate of drug-likeness (QED) is 0.415. The molecule has 0 fully saturated rings. The summed E-state index contributed by atoms with van der Waals surface area (Å²) in [7, 11) is 0. The summed E-state index contributed by atoms with van der Waals surface area (Å²) < 4.78 is 0. The zero-order valence-electron chi connectivity index (χ0n) is 16.7. The third kappa shape index (κ3) is 4.77. The van der Waals surface area contributed by atoms with Gasteiger partial charge in [-0.1, -0.05) is 68.6 Å². The molecule has 3 nitrogen and oxygen atoms in total. The van der Waals surface area contributed by atoms with Crippen LogP contribution in [0.3, 0.4) is 0 Å². The Morgan fingerprint density at radius 2 is 1.89 bits per heavy atom. The van der Waals surface area contributed by atoms with Gasteiger partial charge in [0.25, 0.3) is 0 Å². The number of hydrogen-bond donors (Lipinski definition) is 2. The molecule has 0 saturated heterocycles. The van der Waals surface area contributed by atoms with Gasteiger partial charge in [0.05, 0.1) is 0 Å². The minimum atomic E-state index is -0.00991. The van der Waals surface area contributed by atoms with Crippen molar-refractivity contribution in [3.63, 3.8) is 0 Å². The minimum absolute atomic E-state index is 0.00991. The molecule has 3 rings (SSSR count). The van der Waals surface area contributed by atoms with Crippen molar-refractivity contribution < 1.29 is 4.79 Å². The fourth-order valence-corrected chi connectivity index (χ4v) is 3.91. The molecule has 1 atom stereocenters. The zero-order chi connectivity index (χ0) is 19.9. The Hall–Kier alpha value is -2.26. The summed E-state index contributed by atoms with van der Waals surface area (Å²) >= 11 is 6.09. The molecule has 2 N–H and O–H groups in total. The number of carbonyl (C=O) groups is 1. The second-order valence-electron chi connectivity index (χ2n) is 7.30. The Morgan fingerprint density at radius 3 is 2.61 bits per heavy atom. The highest BCUT2D eigenvalue weighted by atomic mass is 35.5. The maximum Gasteiger partial charge on any atom is 0.220 e. The van der Waals surface area contributed by atoms with E-state index < -0.39 is 0 Å². The van der Waals surface area contributed by atoms with Crippen molar-refractivity contribution in [1.82, 2.24) is 10.3 Å². The number of amides is 1. The molecular weight excluding hydrogens is 368 g/mol. The van der Waals surface area contributed by atoms with Gasteiger partial charge in [0.2, 0.25) is 5.91 Å². The lowest BCUT2D eigenvalue weighted by molar-refractivity contribution is -0.121. The number of aromatic nitrogens is 1. The van der Waals surface area contributed by atoms with Crippen LogP contribution in [0, 0.1) is 0 Å². The van der Waals surface area contributed by atoms with Crippen molar-refractivity contribution in [3.8, 4) is 0 Å². The van der Waals surface area contributed by atoms with Crippen LogP contribution in [0.4, 0.5) is 0 Å². The number of nitrogens with one attached hydrogen (secondary N) is 2. The van der Waals surface area contributed by atoms with Crippen LogP contribution < -0.4 is 5.32 Å². The van der Waals surface area contributed by atoms with Crippen LogP contribution in [0.2, 0.25) is 5.02 Å². The largest absolute Gasteiger partial charge is 0.361 e. The number of benzene rings is 2. The molecule has 1 heterocycles. The maximum absolute atomic E-state index is 12.7. The molecule has 28 heavy (non-hydrogen) atoms. The fraction of sp³-hybridized carbons (Fsp3) is 0.375. The third-order valence-corrected chi connectivity index (χ3v) is 5.61. The van der Waals surface area contributed by atoms with E-state index in [1.54, 1.807) is 0 Å². The first kappa shape index (κ1) is 20.5. The summed E-state index contributed by atoms with van der Waals surface area (Å²) in [5, 5.41) is 4.99. The highest BCUT2D eigenvalue weighted by Gasteiger charge is 2.22. The van der Waals surface area contributed by atoms with Crippen LogP contribution in [0.25, 0.3) is 10.9 Å². The van der Waals surface area contributed by atoms with Crippen molar-refractivity contribution in [1.29, 1.82) is 0 Å². The first-order valence-electron chi connectivity index (χ1n) is 10.2. The molecule has 3 aromatic rings. The van der Waals surface area contributed by atoms with Gasteiger partial charge in [-0.2, -0.15) is 0 Å². The lowest BCUT2D eigenvalue weighted by Gasteiger charge is -2.17. The molecular formula is C24H29ClN2O.